The molecule has 0 heterocycles. The number of ether oxygens (including phenoxy) is 2. The number of carbonyl (C=O) groups is 2. The molecular weight excluding hydrogens is 909 g/mol. The molecule has 0 spiro atoms. The van der Waals surface area contributed by atoms with Crippen LogP contribution in [0.1, 0.15) is 348 Å². The van der Waals surface area contributed by atoms with Crippen molar-refractivity contribution >= 4 is 11.9 Å². The van der Waals surface area contributed by atoms with Crippen molar-refractivity contribution in [1.29, 1.82) is 0 Å². The van der Waals surface area contributed by atoms with Crippen LogP contribution in [0.3, 0.4) is 0 Å². The second-order valence-electron chi connectivity index (χ2n) is 22.2. The molecule has 0 fully saturated rings. The number of unbranched alkanes of at least 4 members (excludes halogenated alkanes) is 43. The summed E-state index contributed by atoms with van der Waals surface area (Å²) in [5.74, 6) is -0.591. The molecule has 5 heteroatoms. The van der Waals surface area contributed by atoms with Crippen molar-refractivity contribution in [2.45, 2.75) is 354 Å². The second kappa shape index (κ2) is 64.9. The molecule has 0 aliphatic carbocycles. The van der Waals surface area contributed by atoms with Crippen molar-refractivity contribution in [3.63, 3.8) is 0 Å². The third-order valence-corrected chi connectivity index (χ3v) is 14.8. The molecule has 1 atom stereocenters. The van der Waals surface area contributed by atoms with Gasteiger partial charge >= 0.3 is 11.9 Å². The van der Waals surface area contributed by atoms with Crippen LogP contribution in [-0.4, -0.2) is 36.4 Å². The summed E-state index contributed by atoms with van der Waals surface area (Å²) in [4.78, 5) is 24.5. The summed E-state index contributed by atoms with van der Waals surface area (Å²) in [6.45, 7) is 4.13. The highest BCUT2D eigenvalue weighted by molar-refractivity contribution is 5.70. The molecule has 0 bridgehead atoms. The van der Waals surface area contributed by atoms with Crippen molar-refractivity contribution in [3.05, 3.63) is 60.8 Å². The van der Waals surface area contributed by atoms with Crippen molar-refractivity contribution < 1.29 is 24.2 Å². The number of aliphatic hydroxyl groups excluding tert-OH is 1. The normalized spacial score (nSPS) is 12.5. The average molecular weight is 1040 g/mol. The highest BCUT2D eigenvalue weighted by Crippen LogP contribution is 2.18. The van der Waals surface area contributed by atoms with E-state index < -0.39 is 6.10 Å². The number of rotatable bonds is 61. The molecule has 0 aliphatic heterocycles. The maximum atomic E-state index is 12.3. The molecule has 432 valence electrons. The molecule has 0 aromatic carbocycles. The lowest BCUT2D eigenvalue weighted by molar-refractivity contribution is -0.161. The van der Waals surface area contributed by atoms with E-state index in [0.29, 0.717) is 12.8 Å². The Morgan fingerprint density at radius 3 is 0.838 bits per heavy atom. The third-order valence-electron chi connectivity index (χ3n) is 14.8. The largest absolute Gasteiger partial charge is 0.462 e. The highest BCUT2D eigenvalue weighted by Gasteiger charge is 2.16. The minimum atomic E-state index is -0.780. The van der Waals surface area contributed by atoms with E-state index in [9.17, 15) is 14.7 Å². The maximum Gasteiger partial charge on any atom is 0.306 e. The van der Waals surface area contributed by atoms with Crippen LogP contribution in [0.2, 0.25) is 0 Å². The van der Waals surface area contributed by atoms with Gasteiger partial charge in [-0.05, 0) is 83.5 Å². The average Bonchev–Trinajstić information content (AvgIpc) is 3.40. The van der Waals surface area contributed by atoms with Crippen molar-refractivity contribution in [2.75, 3.05) is 13.2 Å². The van der Waals surface area contributed by atoms with Gasteiger partial charge in [0, 0.05) is 12.8 Å². The Kier molecular flexibility index (Phi) is 62.8. The van der Waals surface area contributed by atoms with Gasteiger partial charge in [0.2, 0.25) is 0 Å². The zero-order chi connectivity index (χ0) is 53.4. The van der Waals surface area contributed by atoms with Gasteiger partial charge in [-0.1, -0.05) is 312 Å². The van der Waals surface area contributed by atoms with E-state index in [4.69, 9.17) is 9.47 Å². The van der Waals surface area contributed by atoms with Crippen LogP contribution in [-0.2, 0) is 19.1 Å². The molecule has 5 nitrogen and oxygen atoms in total. The standard InChI is InChI=1S/C69H126O5/c1-3-5-7-9-11-13-15-17-19-21-23-24-25-26-27-28-29-30-31-32-33-34-35-36-37-38-39-40-41-42-43-44-46-47-49-51-53-55-57-59-61-63-68(71)73-66-67(65-70)74-69(72)64-62-60-58-56-54-52-50-48-45-22-20-18-16-14-12-10-8-6-4-2/h12,14-15,17-18,20-21,23,45,48,67,70H,3-11,13,16,19,22,24-44,46-47,49-66H2,1-2H3/b14-12-,17-15-,20-18-,23-21-,48-45-. The molecule has 1 unspecified atom stereocenters. The van der Waals surface area contributed by atoms with Crippen molar-refractivity contribution in [2.24, 2.45) is 0 Å². The fraction of sp³-hybridized carbons (Fsp3) is 0.826. The summed E-state index contributed by atoms with van der Waals surface area (Å²) in [5.41, 5.74) is 0. The number of hydrogen-bond acceptors (Lipinski definition) is 5. The fourth-order valence-corrected chi connectivity index (χ4v) is 9.83. The van der Waals surface area contributed by atoms with Crippen LogP contribution in [0.4, 0.5) is 0 Å². The van der Waals surface area contributed by atoms with E-state index in [-0.39, 0.29) is 25.2 Å². The van der Waals surface area contributed by atoms with Crippen LogP contribution < -0.4 is 0 Å². The molecule has 0 aromatic heterocycles. The van der Waals surface area contributed by atoms with Gasteiger partial charge in [0.25, 0.3) is 0 Å². The first-order valence-electron chi connectivity index (χ1n) is 32.8. The van der Waals surface area contributed by atoms with E-state index >= 15 is 0 Å². The van der Waals surface area contributed by atoms with Gasteiger partial charge in [0.05, 0.1) is 6.61 Å². The van der Waals surface area contributed by atoms with Crippen LogP contribution in [0, 0.1) is 0 Å². The molecule has 74 heavy (non-hydrogen) atoms. The summed E-state index contributed by atoms with van der Waals surface area (Å²) in [6, 6.07) is 0. The molecule has 0 aliphatic rings. The van der Waals surface area contributed by atoms with E-state index in [0.717, 1.165) is 64.2 Å². The van der Waals surface area contributed by atoms with Crippen molar-refractivity contribution in [3.8, 4) is 0 Å². The maximum absolute atomic E-state index is 12.3. The van der Waals surface area contributed by atoms with Gasteiger partial charge < -0.3 is 14.6 Å². The first-order valence-corrected chi connectivity index (χ1v) is 32.8. The topological polar surface area (TPSA) is 72.8 Å². The summed E-state index contributed by atoms with van der Waals surface area (Å²) in [7, 11) is 0. The van der Waals surface area contributed by atoms with Gasteiger partial charge in [-0.25, -0.2) is 0 Å². The van der Waals surface area contributed by atoms with E-state index in [1.807, 2.05) is 0 Å². The Hall–Kier alpha value is -2.40. The van der Waals surface area contributed by atoms with Crippen LogP contribution in [0.15, 0.2) is 60.8 Å². The molecule has 0 saturated carbocycles. The lowest BCUT2D eigenvalue weighted by atomic mass is 10.0. The lowest BCUT2D eigenvalue weighted by Crippen LogP contribution is -2.28. The fourth-order valence-electron chi connectivity index (χ4n) is 9.83. The predicted molar refractivity (Wildman–Crippen MR) is 325 cm³/mol. The molecule has 0 radical (unpaired) electrons. The first kappa shape index (κ1) is 71.6. The van der Waals surface area contributed by atoms with Crippen LogP contribution in [0.5, 0.6) is 0 Å². The van der Waals surface area contributed by atoms with Gasteiger partial charge in [-0.2, -0.15) is 0 Å². The first-order chi connectivity index (χ1) is 36.6. The summed E-state index contributed by atoms with van der Waals surface area (Å²) in [6.07, 6.45) is 88.2. The molecule has 0 rings (SSSR count). The third kappa shape index (κ3) is 62.1. The monoisotopic (exact) mass is 1030 g/mol. The Labute approximate surface area is 461 Å². The Morgan fingerprint density at radius 1 is 0.311 bits per heavy atom. The van der Waals surface area contributed by atoms with Gasteiger partial charge in [-0.15, -0.1) is 0 Å². The molecule has 0 saturated heterocycles. The minimum absolute atomic E-state index is 0.0688. The highest BCUT2D eigenvalue weighted by atomic mass is 16.6. The summed E-state index contributed by atoms with van der Waals surface area (Å²) >= 11 is 0. The lowest BCUT2D eigenvalue weighted by Gasteiger charge is -2.15. The number of esters is 2. The van der Waals surface area contributed by atoms with Crippen molar-refractivity contribution in [1.82, 2.24) is 0 Å². The minimum Gasteiger partial charge on any atom is -0.462 e. The zero-order valence-electron chi connectivity index (χ0n) is 49.6. The summed E-state index contributed by atoms with van der Waals surface area (Å²) < 4.78 is 10.7. The van der Waals surface area contributed by atoms with E-state index in [1.54, 1.807) is 0 Å². The van der Waals surface area contributed by atoms with Crippen LogP contribution in [0.25, 0.3) is 0 Å². The van der Waals surface area contributed by atoms with E-state index in [1.165, 1.54) is 257 Å². The number of aliphatic hydroxyl groups is 1. The Balaban J connectivity index is 3.38. The smallest absolute Gasteiger partial charge is 0.306 e. The van der Waals surface area contributed by atoms with Gasteiger partial charge in [0.1, 0.15) is 6.61 Å². The SMILES string of the molecule is CCCCC/C=C\C/C=C\C/C=C\CCCCCCCCC(=O)OC(CO)COC(=O)CCCCCCCCCCCCCCCCCCCCCCCCCCCCCCC/C=C\C/C=C\CCCCCCC. The van der Waals surface area contributed by atoms with Gasteiger partial charge in [-0.3, -0.25) is 9.59 Å². The van der Waals surface area contributed by atoms with E-state index in [2.05, 4.69) is 74.6 Å². The molecule has 0 amide bonds. The Bertz CT molecular complexity index is 1260. The molecular formula is C69H126O5. The quantitative estimate of drug-likeness (QED) is 0.0373. The van der Waals surface area contributed by atoms with Gasteiger partial charge in [0.15, 0.2) is 6.10 Å². The number of allylic oxidation sites excluding steroid dienone is 10. The molecule has 1 N–H and O–H groups in total. The predicted octanol–water partition coefficient (Wildman–Crippen LogP) is 22.5. The number of carbonyl (C=O) groups excluding carboxylic acids is 2. The summed E-state index contributed by atoms with van der Waals surface area (Å²) in [5, 5.41) is 9.66. The molecule has 0 aromatic rings. The van der Waals surface area contributed by atoms with Crippen LogP contribution >= 0.6 is 0 Å². The zero-order valence-corrected chi connectivity index (χ0v) is 49.6. The second-order valence-corrected chi connectivity index (χ2v) is 22.2. The number of hydrogen-bond donors (Lipinski definition) is 1. The Morgan fingerprint density at radius 2 is 0.541 bits per heavy atom.